The van der Waals surface area contributed by atoms with Crippen molar-refractivity contribution in [3.05, 3.63) is 34.9 Å². The van der Waals surface area contributed by atoms with Crippen LogP contribution in [0.4, 0.5) is 0 Å². The Bertz CT molecular complexity index is 356. The Balaban J connectivity index is 2.92. The van der Waals surface area contributed by atoms with Gasteiger partial charge >= 0.3 is 5.97 Å². The SMILES string of the molecule is CCC(OC(C)=O)c1ccc(C)c(C)c1. The molecule has 1 rings (SSSR count). The highest BCUT2D eigenvalue weighted by molar-refractivity contribution is 5.66. The van der Waals surface area contributed by atoms with Gasteiger partial charge in [0.15, 0.2) is 0 Å². The van der Waals surface area contributed by atoms with Crippen molar-refractivity contribution in [1.82, 2.24) is 0 Å². The summed E-state index contributed by atoms with van der Waals surface area (Å²) in [5.41, 5.74) is 3.57. The molecule has 1 aromatic rings. The van der Waals surface area contributed by atoms with Crippen molar-refractivity contribution in [1.29, 1.82) is 0 Å². The topological polar surface area (TPSA) is 26.3 Å². The average molecular weight is 206 g/mol. The molecule has 0 aliphatic rings. The van der Waals surface area contributed by atoms with Gasteiger partial charge in [-0.3, -0.25) is 4.79 Å². The van der Waals surface area contributed by atoms with Crippen LogP contribution >= 0.6 is 0 Å². The number of ether oxygens (including phenoxy) is 1. The molecule has 0 radical (unpaired) electrons. The van der Waals surface area contributed by atoms with E-state index in [9.17, 15) is 4.79 Å². The molecule has 0 aliphatic carbocycles. The van der Waals surface area contributed by atoms with E-state index >= 15 is 0 Å². The molecule has 0 bridgehead atoms. The fourth-order valence-electron chi connectivity index (χ4n) is 1.55. The summed E-state index contributed by atoms with van der Waals surface area (Å²) in [4.78, 5) is 10.9. The molecule has 1 atom stereocenters. The molecule has 2 heteroatoms. The lowest BCUT2D eigenvalue weighted by Gasteiger charge is -2.16. The second kappa shape index (κ2) is 4.96. The van der Waals surface area contributed by atoms with Crippen LogP contribution in [0.2, 0.25) is 0 Å². The first-order valence-electron chi connectivity index (χ1n) is 5.29. The maximum absolute atomic E-state index is 10.9. The maximum Gasteiger partial charge on any atom is 0.303 e. The molecule has 2 nitrogen and oxygen atoms in total. The molecule has 82 valence electrons. The van der Waals surface area contributed by atoms with Gasteiger partial charge in [0.25, 0.3) is 0 Å². The standard InChI is InChI=1S/C13H18O2/c1-5-13(15-11(4)14)12-7-6-9(2)10(3)8-12/h6-8,13H,5H2,1-4H3. The lowest BCUT2D eigenvalue weighted by atomic mass is 10.0. The predicted octanol–water partition coefficient (Wildman–Crippen LogP) is 3.32. The largest absolute Gasteiger partial charge is 0.458 e. The van der Waals surface area contributed by atoms with E-state index in [1.54, 1.807) is 0 Å². The first-order valence-corrected chi connectivity index (χ1v) is 5.29. The summed E-state index contributed by atoms with van der Waals surface area (Å²) in [7, 11) is 0. The van der Waals surface area contributed by atoms with Crippen LogP contribution in [0.15, 0.2) is 18.2 Å². The zero-order chi connectivity index (χ0) is 11.4. The van der Waals surface area contributed by atoms with Crippen LogP contribution < -0.4 is 0 Å². The Morgan fingerprint density at radius 3 is 2.47 bits per heavy atom. The summed E-state index contributed by atoms with van der Waals surface area (Å²) < 4.78 is 5.24. The third kappa shape index (κ3) is 3.08. The highest BCUT2D eigenvalue weighted by Crippen LogP contribution is 2.23. The van der Waals surface area contributed by atoms with Gasteiger partial charge in [0, 0.05) is 6.92 Å². The van der Waals surface area contributed by atoms with Gasteiger partial charge in [0.1, 0.15) is 6.10 Å². The first-order chi connectivity index (χ1) is 7.04. The van der Waals surface area contributed by atoms with Crippen molar-refractivity contribution < 1.29 is 9.53 Å². The molecule has 1 aromatic carbocycles. The van der Waals surface area contributed by atoms with Gasteiger partial charge in [-0.2, -0.15) is 0 Å². The fraction of sp³-hybridized carbons (Fsp3) is 0.462. The Kier molecular flexibility index (Phi) is 3.89. The van der Waals surface area contributed by atoms with Crippen LogP contribution in [0.3, 0.4) is 0 Å². The molecule has 0 saturated carbocycles. The summed E-state index contributed by atoms with van der Waals surface area (Å²) in [6.45, 7) is 7.61. The minimum absolute atomic E-state index is 0.109. The summed E-state index contributed by atoms with van der Waals surface area (Å²) in [5, 5.41) is 0. The minimum Gasteiger partial charge on any atom is -0.458 e. The average Bonchev–Trinajstić information content (AvgIpc) is 2.18. The maximum atomic E-state index is 10.9. The predicted molar refractivity (Wildman–Crippen MR) is 60.7 cm³/mol. The third-order valence-corrected chi connectivity index (χ3v) is 2.58. The molecule has 0 N–H and O–H groups in total. The number of benzene rings is 1. The summed E-state index contributed by atoms with van der Waals surface area (Å²) in [6.07, 6.45) is 0.698. The van der Waals surface area contributed by atoms with Crippen LogP contribution in [-0.4, -0.2) is 5.97 Å². The third-order valence-electron chi connectivity index (χ3n) is 2.58. The van der Waals surface area contributed by atoms with Crippen LogP contribution in [0, 0.1) is 13.8 Å². The van der Waals surface area contributed by atoms with Crippen molar-refractivity contribution >= 4 is 5.97 Å². The molecule has 0 amide bonds. The van der Waals surface area contributed by atoms with Crippen LogP contribution in [-0.2, 0) is 9.53 Å². The molecule has 15 heavy (non-hydrogen) atoms. The van der Waals surface area contributed by atoms with Crippen LogP contribution in [0.25, 0.3) is 0 Å². The molecule has 0 spiro atoms. The van der Waals surface area contributed by atoms with Crippen molar-refractivity contribution in [2.24, 2.45) is 0 Å². The number of carbonyl (C=O) groups is 1. The highest BCUT2D eigenvalue weighted by Gasteiger charge is 2.12. The normalized spacial score (nSPS) is 12.3. The molecule has 0 aliphatic heterocycles. The molecule has 1 unspecified atom stereocenters. The van der Waals surface area contributed by atoms with E-state index in [1.165, 1.54) is 18.1 Å². The number of hydrogen-bond acceptors (Lipinski definition) is 2. The van der Waals surface area contributed by atoms with Crippen LogP contribution in [0.5, 0.6) is 0 Å². The van der Waals surface area contributed by atoms with Gasteiger partial charge in [-0.15, -0.1) is 0 Å². The molecule has 0 saturated heterocycles. The Morgan fingerprint density at radius 1 is 1.33 bits per heavy atom. The molecule has 0 heterocycles. The summed E-state index contributed by atoms with van der Waals surface area (Å²) >= 11 is 0. The minimum atomic E-state index is -0.222. The van der Waals surface area contributed by atoms with Gasteiger partial charge in [-0.05, 0) is 37.0 Å². The highest BCUT2D eigenvalue weighted by atomic mass is 16.5. The quantitative estimate of drug-likeness (QED) is 0.709. The van der Waals surface area contributed by atoms with Gasteiger partial charge in [-0.1, -0.05) is 25.1 Å². The summed E-state index contributed by atoms with van der Waals surface area (Å²) in [6, 6.07) is 6.18. The fourth-order valence-corrected chi connectivity index (χ4v) is 1.55. The van der Waals surface area contributed by atoms with Gasteiger partial charge in [0.05, 0.1) is 0 Å². The second-order valence-electron chi connectivity index (χ2n) is 3.85. The number of aryl methyl sites for hydroxylation is 2. The number of esters is 1. The van der Waals surface area contributed by atoms with Crippen molar-refractivity contribution in [3.8, 4) is 0 Å². The van der Waals surface area contributed by atoms with E-state index in [1.807, 2.05) is 13.0 Å². The zero-order valence-corrected chi connectivity index (χ0v) is 9.83. The number of carbonyl (C=O) groups excluding carboxylic acids is 1. The van der Waals surface area contributed by atoms with E-state index in [2.05, 4.69) is 26.0 Å². The smallest absolute Gasteiger partial charge is 0.303 e. The van der Waals surface area contributed by atoms with E-state index in [0.29, 0.717) is 0 Å². The first kappa shape index (κ1) is 11.8. The van der Waals surface area contributed by atoms with Crippen molar-refractivity contribution in [2.75, 3.05) is 0 Å². The van der Waals surface area contributed by atoms with Crippen LogP contribution in [0.1, 0.15) is 43.1 Å². The molecule has 0 aromatic heterocycles. The zero-order valence-electron chi connectivity index (χ0n) is 9.83. The van der Waals surface area contributed by atoms with E-state index in [0.717, 1.165) is 12.0 Å². The Hall–Kier alpha value is -1.31. The van der Waals surface area contributed by atoms with Crippen molar-refractivity contribution in [3.63, 3.8) is 0 Å². The Morgan fingerprint density at radius 2 is 2.00 bits per heavy atom. The van der Waals surface area contributed by atoms with E-state index in [4.69, 9.17) is 4.74 Å². The van der Waals surface area contributed by atoms with Gasteiger partial charge in [0.2, 0.25) is 0 Å². The van der Waals surface area contributed by atoms with Crippen molar-refractivity contribution in [2.45, 2.75) is 40.2 Å². The van der Waals surface area contributed by atoms with E-state index in [-0.39, 0.29) is 12.1 Å². The van der Waals surface area contributed by atoms with Gasteiger partial charge < -0.3 is 4.74 Å². The molecular weight excluding hydrogens is 188 g/mol. The molecule has 0 fully saturated rings. The van der Waals surface area contributed by atoms with Gasteiger partial charge in [-0.25, -0.2) is 0 Å². The number of rotatable bonds is 3. The van der Waals surface area contributed by atoms with E-state index < -0.39 is 0 Å². The summed E-state index contributed by atoms with van der Waals surface area (Å²) in [5.74, 6) is -0.222. The molecular formula is C13H18O2. The lowest BCUT2D eigenvalue weighted by molar-refractivity contribution is -0.146. The Labute approximate surface area is 91.3 Å². The lowest BCUT2D eigenvalue weighted by Crippen LogP contribution is -2.07. The number of hydrogen-bond donors (Lipinski definition) is 0. The second-order valence-corrected chi connectivity index (χ2v) is 3.85. The monoisotopic (exact) mass is 206 g/mol.